The monoisotopic (exact) mass is 230 g/mol. The zero-order valence-electron chi connectivity index (χ0n) is 11.6. The van der Waals surface area contributed by atoms with Crippen molar-refractivity contribution in [2.45, 2.75) is 40.0 Å². The van der Waals surface area contributed by atoms with E-state index in [1.807, 2.05) is 13.8 Å². The topological polar surface area (TPSA) is 35.5 Å². The van der Waals surface area contributed by atoms with Gasteiger partial charge < -0.3 is 15.3 Å². The molecule has 1 spiro atoms. The quantitative estimate of drug-likeness (QED) is 0.665. The summed E-state index contributed by atoms with van der Waals surface area (Å²) in [6.45, 7) is 11.1. The summed E-state index contributed by atoms with van der Waals surface area (Å²) in [7, 11) is 2.25. The fraction of sp³-hybridized carbons (Fsp3) is 1.00. The maximum Gasteiger partial charge on any atom is 0.0402 e. The molecular formula is C13H30N2O. The van der Waals surface area contributed by atoms with Gasteiger partial charge in [-0.2, -0.15) is 0 Å². The summed E-state index contributed by atoms with van der Waals surface area (Å²) in [6, 6.07) is 0. The molecule has 2 aliphatic rings. The van der Waals surface area contributed by atoms with Gasteiger partial charge in [0.05, 0.1) is 0 Å². The van der Waals surface area contributed by atoms with Crippen molar-refractivity contribution < 1.29 is 5.11 Å². The molecule has 0 aliphatic carbocycles. The highest BCUT2D eigenvalue weighted by molar-refractivity contribution is 4.91. The van der Waals surface area contributed by atoms with Crippen molar-refractivity contribution in [3.05, 3.63) is 0 Å². The minimum atomic E-state index is 0.250. The number of nitrogens with one attached hydrogen (secondary N) is 1. The molecule has 98 valence electrons. The van der Waals surface area contributed by atoms with Crippen LogP contribution < -0.4 is 5.32 Å². The van der Waals surface area contributed by atoms with Crippen molar-refractivity contribution in [2.75, 3.05) is 39.8 Å². The summed E-state index contributed by atoms with van der Waals surface area (Å²) in [5, 5.41) is 11.0. The van der Waals surface area contributed by atoms with Crippen molar-refractivity contribution in [1.82, 2.24) is 10.2 Å². The third kappa shape index (κ3) is 5.28. The number of aliphatic hydroxyl groups excluding tert-OH is 1. The molecule has 0 unspecified atom stereocenters. The average Bonchev–Trinajstić information content (AvgIpc) is 2.65. The van der Waals surface area contributed by atoms with Gasteiger partial charge in [-0.15, -0.1) is 0 Å². The molecule has 2 saturated heterocycles. The zero-order valence-corrected chi connectivity index (χ0v) is 11.6. The number of hydrogen-bond acceptors (Lipinski definition) is 3. The summed E-state index contributed by atoms with van der Waals surface area (Å²) < 4.78 is 0. The maximum atomic E-state index is 7.57. The highest BCUT2D eigenvalue weighted by Crippen LogP contribution is 2.37. The Labute approximate surface area is 101 Å². The van der Waals surface area contributed by atoms with Gasteiger partial charge in [-0.25, -0.2) is 0 Å². The molecule has 0 atom stereocenters. The molecule has 0 aromatic carbocycles. The van der Waals surface area contributed by atoms with Crippen molar-refractivity contribution in [3.8, 4) is 0 Å². The molecule has 3 heteroatoms. The van der Waals surface area contributed by atoms with Gasteiger partial charge in [0.15, 0.2) is 0 Å². The highest BCUT2D eigenvalue weighted by atomic mass is 16.2. The Morgan fingerprint density at radius 1 is 1.19 bits per heavy atom. The van der Waals surface area contributed by atoms with Crippen LogP contribution in [0.2, 0.25) is 0 Å². The van der Waals surface area contributed by atoms with Gasteiger partial charge in [0, 0.05) is 13.2 Å². The second-order valence-electron chi connectivity index (χ2n) is 4.55. The van der Waals surface area contributed by atoms with Gasteiger partial charge in [0.25, 0.3) is 0 Å². The molecule has 0 aromatic rings. The van der Waals surface area contributed by atoms with Crippen LogP contribution in [0.15, 0.2) is 0 Å². The van der Waals surface area contributed by atoms with E-state index >= 15 is 0 Å². The molecule has 2 aliphatic heterocycles. The number of hydrogen-bond donors (Lipinski definition) is 2. The minimum absolute atomic E-state index is 0.250. The normalized spacial score (nSPS) is 23.1. The van der Waals surface area contributed by atoms with Gasteiger partial charge >= 0.3 is 0 Å². The summed E-state index contributed by atoms with van der Waals surface area (Å²) in [5.41, 5.74) is 0.708. The Balaban J connectivity index is 0.000000394. The molecule has 0 radical (unpaired) electrons. The first-order valence-electron chi connectivity index (χ1n) is 6.72. The molecule has 0 aromatic heterocycles. The molecule has 2 N–H and O–H groups in total. The Bertz CT molecular complexity index is 151. The largest absolute Gasteiger partial charge is 0.397 e. The lowest BCUT2D eigenvalue weighted by atomic mass is 9.78. The first kappa shape index (κ1) is 15.9. The Morgan fingerprint density at radius 3 is 2.06 bits per heavy atom. The highest BCUT2D eigenvalue weighted by Gasteiger charge is 2.37. The number of likely N-dealkylation sites (tertiary alicyclic amines) is 1. The lowest BCUT2D eigenvalue weighted by molar-refractivity contribution is 0.207. The molecule has 16 heavy (non-hydrogen) atoms. The van der Waals surface area contributed by atoms with E-state index in [9.17, 15) is 0 Å². The van der Waals surface area contributed by atoms with Gasteiger partial charge in [-0.05, 0) is 58.3 Å². The number of piperidine rings is 1. The van der Waals surface area contributed by atoms with Gasteiger partial charge in [0.1, 0.15) is 0 Å². The van der Waals surface area contributed by atoms with Crippen molar-refractivity contribution in [1.29, 1.82) is 0 Å². The molecule has 2 rings (SSSR count). The average molecular weight is 230 g/mol. The number of nitrogens with zero attached hydrogens (tertiary/aromatic N) is 1. The number of aliphatic hydroxyl groups is 1. The van der Waals surface area contributed by atoms with Crippen LogP contribution in [0.3, 0.4) is 0 Å². The standard InChI is InChI=1S/C9H18N2.C2H6O.C2H6/c1-11-7-4-9(8-11)2-5-10-6-3-9;1-2-3;1-2/h10H,2-8H2,1H3;3H,2H2,1H3;1-2H3. The molecule has 2 heterocycles. The molecular weight excluding hydrogens is 200 g/mol. The molecule has 0 saturated carbocycles. The van der Waals surface area contributed by atoms with E-state index in [0.717, 1.165) is 0 Å². The Kier molecular flexibility index (Phi) is 8.90. The Hall–Kier alpha value is -0.120. The van der Waals surface area contributed by atoms with Crippen LogP contribution in [0.1, 0.15) is 40.0 Å². The van der Waals surface area contributed by atoms with E-state index in [2.05, 4.69) is 17.3 Å². The smallest absolute Gasteiger partial charge is 0.0402 e. The van der Waals surface area contributed by atoms with E-state index in [0.29, 0.717) is 5.41 Å². The summed E-state index contributed by atoms with van der Waals surface area (Å²) in [6.07, 6.45) is 4.24. The fourth-order valence-corrected chi connectivity index (χ4v) is 2.52. The zero-order chi connectivity index (χ0) is 12.4. The van der Waals surface area contributed by atoms with E-state index in [4.69, 9.17) is 5.11 Å². The SMILES string of the molecule is CC.CCO.CN1CCC2(CCNCC2)C1. The van der Waals surface area contributed by atoms with Gasteiger partial charge in [-0.3, -0.25) is 0 Å². The molecule has 0 bridgehead atoms. The van der Waals surface area contributed by atoms with Gasteiger partial charge in [0.2, 0.25) is 0 Å². The lowest BCUT2D eigenvalue weighted by Gasteiger charge is -2.33. The van der Waals surface area contributed by atoms with E-state index in [1.54, 1.807) is 6.92 Å². The van der Waals surface area contributed by atoms with Crippen LogP contribution in [-0.4, -0.2) is 49.8 Å². The third-order valence-electron chi connectivity index (χ3n) is 3.29. The van der Waals surface area contributed by atoms with Crippen LogP contribution in [0.25, 0.3) is 0 Å². The van der Waals surface area contributed by atoms with Crippen molar-refractivity contribution in [2.24, 2.45) is 5.41 Å². The minimum Gasteiger partial charge on any atom is -0.397 e. The van der Waals surface area contributed by atoms with Crippen LogP contribution in [-0.2, 0) is 0 Å². The Morgan fingerprint density at radius 2 is 1.69 bits per heavy atom. The van der Waals surface area contributed by atoms with E-state index in [1.165, 1.54) is 45.4 Å². The number of rotatable bonds is 0. The van der Waals surface area contributed by atoms with Crippen molar-refractivity contribution in [3.63, 3.8) is 0 Å². The van der Waals surface area contributed by atoms with Crippen LogP contribution in [0.5, 0.6) is 0 Å². The fourth-order valence-electron chi connectivity index (χ4n) is 2.52. The maximum absolute atomic E-state index is 7.57. The lowest BCUT2D eigenvalue weighted by Crippen LogP contribution is -2.38. The summed E-state index contributed by atoms with van der Waals surface area (Å²) in [4.78, 5) is 2.48. The predicted molar refractivity (Wildman–Crippen MR) is 70.8 cm³/mol. The van der Waals surface area contributed by atoms with Crippen LogP contribution >= 0.6 is 0 Å². The predicted octanol–water partition coefficient (Wildman–Crippen LogP) is 1.72. The van der Waals surface area contributed by atoms with Crippen LogP contribution in [0, 0.1) is 5.41 Å². The molecule has 0 amide bonds. The first-order chi connectivity index (χ1) is 7.72. The molecule has 3 nitrogen and oxygen atoms in total. The second kappa shape index (κ2) is 8.97. The van der Waals surface area contributed by atoms with Crippen LogP contribution in [0.4, 0.5) is 0 Å². The second-order valence-corrected chi connectivity index (χ2v) is 4.55. The van der Waals surface area contributed by atoms with E-state index in [-0.39, 0.29) is 6.61 Å². The van der Waals surface area contributed by atoms with Crippen molar-refractivity contribution >= 4 is 0 Å². The summed E-state index contributed by atoms with van der Waals surface area (Å²) >= 11 is 0. The first-order valence-corrected chi connectivity index (χ1v) is 6.72. The summed E-state index contributed by atoms with van der Waals surface area (Å²) in [5.74, 6) is 0. The molecule has 2 fully saturated rings. The third-order valence-corrected chi connectivity index (χ3v) is 3.29. The van der Waals surface area contributed by atoms with E-state index < -0.39 is 0 Å². The van der Waals surface area contributed by atoms with Gasteiger partial charge in [-0.1, -0.05) is 13.8 Å².